The van der Waals surface area contributed by atoms with Crippen LogP contribution in [0, 0.1) is 0 Å². The molecule has 0 saturated carbocycles. The van der Waals surface area contributed by atoms with Crippen molar-refractivity contribution < 1.29 is 9.53 Å². The molecule has 0 radical (unpaired) electrons. The van der Waals surface area contributed by atoms with Crippen LogP contribution in [0.1, 0.15) is 19.4 Å². The summed E-state index contributed by atoms with van der Waals surface area (Å²) in [5, 5.41) is 0. The van der Waals surface area contributed by atoms with Crippen LogP contribution in [0.2, 0.25) is 0 Å². The molecule has 3 heteroatoms. The summed E-state index contributed by atoms with van der Waals surface area (Å²) in [4.78, 5) is 13.3. The Labute approximate surface area is 109 Å². The van der Waals surface area contributed by atoms with Crippen molar-refractivity contribution in [3.05, 3.63) is 42.0 Å². The number of benzene rings is 1. The van der Waals surface area contributed by atoms with Crippen molar-refractivity contribution in [1.82, 2.24) is 4.90 Å². The van der Waals surface area contributed by atoms with Crippen LogP contribution in [0.5, 0.6) is 0 Å². The number of carbonyl (C=O) groups excluding carboxylic acids is 1. The molecule has 0 fully saturated rings. The van der Waals surface area contributed by atoms with Crippen LogP contribution in [0.25, 0.3) is 6.08 Å². The van der Waals surface area contributed by atoms with Gasteiger partial charge >= 0.3 is 5.97 Å². The van der Waals surface area contributed by atoms with Crippen molar-refractivity contribution in [3.63, 3.8) is 0 Å². The zero-order valence-corrected chi connectivity index (χ0v) is 11.3. The first kappa shape index (κ1) is 14.5. The molecule has 0 heterocycles. The summed E-state index contributed by atoms with van der Waals surface area (Å²) < 4.78 is 4.69. The van der Waals surface area contributed by atoms with E-state index in [9.17, 15) is 4.79 Å². The van der Waals surface area contributed by atoms with E-state index >= 15 is 0 Å². The Morgan fingerprint density at radius 3 is 2.56 bits per heavy atom. The fourth-order valence-electron chi connectivity index (χ4n) is 1.58. The molecule has 0 atom stereocenters. The Bertz CT molecular complexity index is 385. The highest BCUT2D eigenvalue weighted by molar-refractivity contribution is 5.71. The van der Waals surface area contributed by atoms with E-state index in [0.717, 1.165) is 6.54 Å². The monoisotopic (exact) mass is 247 g/mol. The number of methoxy groups -OCH3 is 1. The molecule has 0 aliphatic rings. The topological polar surface area (TPSA) is 29.5 Å². The van der Waals surface area contributed by atoms with Gasteiger partial charge < -0.3 is 4.74 Å². The van der Waals surface area contributed by atoms with Crippen molar-refractivity contribution in [1.29, 1.82) is 0 Å². The fourth-order valence-corrected chi connectivity index (χ4v) is 1.58. The van der Waals surface area contributed by atoms with E-state index in [-0.39, 0.29) is 5.97 Å². The summed E-state index contributed by atoms with van der Waals surface area (Å²) in [5.41, 5.74) is 1.17. The van der Waals surface area contributed by atoms with Gasteiger partial charge in [0.05, 0.1) is 13.7 Å². The molecule has 0 amide bonds. The number of ether oxygens (including phenoxy) is 1. The first-order valence-corrected chi connectivity index (χ1v) is 6.16. The minimum absolute atomic E-state index is 0.197. The quantitative estimate of drug-likeness (QED) is 0.724. The first-order valence-electron chi connectivity index (χ1n) is 6.16. The molecule has 1 aromatic rings. The summed E-state index contributed by atoms with van der Waals surface area (Å²) in [7, 11) is 1.42. The van der Waals surface area contributed by atoms with Gasteiger partial charge in [-0.2, -0.15) is 0 Å². The third-order valence-electron chi connectivity index (χ3n) is 2.74. The number of esters is 1. The van der Waals surface area contributed by atoms with Crippen LogP contribution in [0.4, 0.5) is 0 Å². The summed E-state index contributed by atoms with van der Waals surface area (Å²) in [6.07, 6.45) is 4.13. The Kier molecular flexibility index (Phi) is 6.15. The van der Waals surface area contributed by atoms with Gasteiger partial charge in [0.25, 0.3) is 0 Å². The van der Waals surface area contributed by atoms with Crippen LogP contribution >= 0.6 is 0 Å². The summed E-state index contributed by atoms with van der Waals surface area (Å²) in [6.45, 7) is 5.20. The lowest BCUT2D eigenvalue weighted by Gasteiger charge is -2.23. The van der Waals surface area contributed by atoms with Crippen molar-refractivity contribution in [2.75, 3.05) is 20.2 Å². The summed E-state index contributed by atoms with van der Waals surface area (Å²) in [5.74, 6) is -0.197. The maximum absolute atomic E-state index is 11.3. The molecule has 1 aromatic carbocycles. The first-order chi connectivity index (χ1) is 8.63. The maximum Gasteiger partial charge on any atom is 0.319 e. The van der Waals surface area contributed by atoms with E-state index in [4.69, 9.17) is 4.74 Å². The van der Waals surface area contributed by atoms with Crippen LogP contribution < -0.4 is 0 Å². The zero-order valence-electron chi connectivity index (χ0n) is 11.3. The van der Waals surface area contributed by atoms with Gasteiger partial charge in [-0.1, -0.05) is 42.5 Å². The highest BCUT2D eigenvalue weighted by Crippen LogP contribution is 2.03. The van der Waals surface area contributed by atoms with Crippen LogP contribution in [0.15, 0.2) is 36.4 Å². The van der Waals surface area contributed by atoms with Crippen molar-refractivity contribution in [2.45, 2.75) is 19.9 Å². The Morgan fingerprint density at radius 1 is 1.33 bits per heavy atom. The molecule has 0 aliphatic carbocycles. The molecule has 0 N–H and O–H groups in total. The predicted octanol–water partition coefficient (Wildman–Crippen LogP) is 2.58. The molecule has 0 spiro atoms. The Morgan fingerprint density at radius 2 is 2.00 bits per heavy atom. The molecule has 0 aromatic heterocycles. The third-order valence-corrected chi connectivity index (χ3v) is 2.74. The van der Waals surface area contributed by atoms with Gasteiger partial charge in [0.1, 0.15) is 0 Å². The predicted molar refractivity (Wildman–Crippen MR) is 74.2 cm³/mol. The Hall–Kier alpha value is -1.61. The van der Waals surface area contributed by atoms with Gasteiger partial charge in [0.15, 0.2) is 0 Å². The highest BCUT2D eigenvalue weighted by Gasteiger charge is 2.12. The number of carbonyl (C=O) groups is 1. The van der Waals surface area contributed by atoms with Gasteiger partial charge in [-0.25, -0.2) is 0 Å². The highest BCUT2D eigenvalue weighted by atomic mass is 16.5. The average Bonchev–Trinajstić information content (AvgIpc) is 2.38. The summed E-state index contributed by atoms with van der Waals surface area (Å²) >= 11 is 0. The van der Waals surface area contributed by atoms with Gasteiger partial charge in [-0.3, -0.25) is 9.69 Å². The number of rotatable bonds is 6. The second-order valence-electron chi connectivity index (χ2n) is 4.41. The van der Waals surface area contributed by atoms with Gasteiger partial charge in [0, 0.05) is 12.6 Å². The largest absolute Gasteiger partial charge is 0.468 e. The van der Waals surface area contributed by atoms with E-state index in [1.165, 1.54) is 12.7 Å². The normalized spacial score (nSPS) is 11.4. The molecule has 3 nitrogen and oxygen atoms in total. The van der Waals surface area contributed by atoms with Gasteiger partial charge in [-0.05, 0) is 19.4 Å². The van der Waals surface area contributed by atoms with Crippen LogP contribution in [-0.4, -0.2) is 37.1 Å². The van der Waals surface area contributed by atoms with Crippen molar-refractivity contribution in [3.8, 4) is 0 Å². The van der Waals surface area contributed by atoms with E-state index in [2.05, 4.69) is 43.0 Å². The second-order valence-corrected chi connectivity index (χ2v) is 4.41. The van der Waals surface area contributed by atoms with Crippen LogP contribution in [0.3, 0.4) is 0 Å². The summed E-state index contributed by atoms with van der Waals surface area (Å²) in [6, 6.07) is 10.4. The SMILES string of the molecule is COC(=O)CN(CC=Cc1ccccc1)C(C)C. The molecule has 1 rings (SSSR count). The smallest absolute Gasteiger partial charge is 0.319 e. The molecule has 0 saturated heterocycles. The fraction of sp³-hybridized carbons (Fsp3) is 0.400. The van der Waals surface area contributed by atoms with Gasteiger partial charge in [0.2, 0.25) is 0 Å². The lowest BCUT2D eigenvalue weighted by Crippen LogP contribution is -2.36. The van der Waals surface area contributed by atoms with E-state index in [1.807, 2.05) is 18.2 Å². The molecule has 18 heavy (non-hydrogen) atoms. The average molecular weight is 247 g/mol. The lowest BCUT2D eigenvalue weighted by molar-refractivity contribution is -0.142. The molecule has 0 aliphatic heterocycles. The minimum atomic E-state index is -0.197. The number of nitrogens with zero attached hydrogens (tertiary/aromatic N) is 1. The van der Waals surface area contributed by atoms with E-state index < -0.39 is 0 Å². The molecule has 0 unspecified atom stereocenters. The molecule has 0 bridgehead atoms. The number of hydrogen-bond donors (Lipinski definition) is 0. The van der Waals surface area contributed by atoms with E-state index in [1.54, 1.807) is 0 Å². The second kappa shape index (κ2) is 7.67. The minimum Gasteiger partial charge on any atom is -0.468 e. The zero-order chi connectivity index (χ0) is 13.4. The lowest BCUT2D eigenvalue weighted by atomic mass is 10.2. The molecular weight excluding hydrogens is 226 g/mol. The molecule has 98 valence electrons. The van der Waals surface area contributed by atoms with Crippen molar-refractivity contribution >= 4 is 12.0 Å². The molecular formula is C15H21NO2. The van der Waals surface area contributed by atoms with E-state index in [0.29, 0.717) is 12.6 Å². The standard InChI is InChI=1S/C15H21NO2/c1-13(2)16(12-15(17)18-3)11-7-10-14-8-5-4-6-9-14/h4-10,13H,11-12H2,1-3H3. The van der Waals surface area contributed by atoms with Crippen molar-refractivity contribution in [2.24, 2.45) is 0 Å². The van der Waals surface area contributed by atoms with Gasteiger partial charge in [-0.15, -0.1) is 0 Å². The Balaban J connectivity index is 2.52. The maximum atomic E-state index is 11.3. The van der Waals surface area contributed by atoms with Crippen LogP contribution in [-0.2, 0) is 9.53 Å². The number of hydrogen-bond acceptors (Lipinski definition) is 3. The third kappa shape index (κ3) is 5.15.